The fourth-order valence-electron chi connectivity index (χ4n) is 20.0. The minimum absolute atomic E-state index is 0.0603. The van der Waals surface area contributed by atoms with Crippen LogP contribution in [0.5, 0.6) is 0 Å². The zero-order valence-corrected chi connectivity index (χ0v) is 56.2. The molecule has 5 aromatic heterocycles. The first kappa shape index (κ1) is 55.3. The third-order valence-corrected chi connectivity index (χ3v) is 24.0. The van der Waals surface area contributed by atoms with E-state index in [0.29, 0.717) is 0 Å². The van der Waals surface area contributed by atoms with E-state index in [1.807, 2.05) is 0 Å². The second kappa shape index (κ2) is 20.1. The largest absolute Gasteiger partial charge is 0.311 e. The molecule has 0 radical (unpaired) electrons. The van der Waals surface area contributed by atoms with Crippen LogP contribution in [0.1, 0.15) is 0 Å². The van der Waals surface area contributed by atoms with Gasteiger partial charge < -0.3 is 27.7 Å². The van der Waals surface area contributed by atoms with Crippen molar-refractivity contribution in [2.24, 2.45) is 0 Å². The molecule has 0 saturated heterocycles. The summed E-state index contributed by atoms with van der Waals surface area (Å²) in [6.45, 7) is 0.0162. The van der Waals surface area contributed by atoms with Gasteiger partial charge in [0.05, 0.1) is 33.1 Å². The molecule has 0 bridgehead atoms. The first-order valence-corrected chi connectivity index (χ1v) is 36.3. The van der Waals surface area contributed by atoms with Crippen LogP contribution in [0.15, 0.2) is 340 Å². The van der Waals surface area contributed by atoms with Gasteiger partial charge in [0.25, 0.3) is 13.4 Å². The van der Waals surface area contributed by atoms with Crippen molar-refractivity contribution >= 4 is 172 Å². The molecule has 0 atom stereocenters. The van der Waals surface area contributed by atoms with Crippen molar-refractivity contribution in [2.75, 3.05) is 4.90 Å². The third-order valence-electron chi connectivity index (χ3n) is 24.0. The number of anilines is 3. The van der Waals surface area contributed by atoms with E-state index in [1.165, 1.54) is 198 Å². The Morgan fingerprint density at radius 1 is 0.212 bits per heavy atom. The lowest BCUT2D eigenvalue weighted by Gasteiger charge is -2.34. The van der Waals surface area contributed by atoms with Crippen LogP contribution in [0.4, 0.5) is 17.1 Å². The Morgan fingerprint density at radius 2 is 0.558 bits per heavy atom. The van der Waals surface area contributed by atoms with E-state index >= 15 is 0 Å². The molecule has 0 N–H and O–H groups in total. The molecule has 4 aliphatic heterocycles. The smallest absolute Gasteiger partial charge is 0.252 e. The van der Waals surface area contributed by atoms with Crippen molar-refractivity contribution in [3.05, 3.63) is 340 Å². The molecule has 0 spiro atoms. The van der Waals surface area contributed by atoms with Crippen LogP contribution >= 0.6 is 0 Å². The minimum Gasteiger partial charge on any atom is -0.311 e. The summed E-state index contributed by atoms with van der Waals surface area (Å²) >= 11 is 0. The van der Waals surface area contributed by atoms with Gasteiger partial charge in [-0.15, -0.1) is 0 Å². The zero-order valence-electron chi connectivity index (χ0n) is 56.2. The van der Waals surface area contributed by atoms with Crippen molar-refractivity contribution in [1.82, 2.24) is 22.8 Å². The number of fused-ring (bicyclic) bond motifs is 23. The average Bonchev–Trinajstić information content (AvgIpc) is 1.47. The van der Waals surface area contributed by atoms with Gasteiger partial charge in [0.1, 0.15) is 0 Å². The zero-order chi connectivity index (χ0) is 67.3. The molecule has 4 aliphatic rings. The van der Waals surface area contributed by atoms with Gasteiger partial charge >= 0.3 is 0 Å². The predicted molar refractivity (Wildman–Crippen MR) is 438 cm³/mol. The van der Waals surface area contributed by atoms with Crippen molar-refractivity contribution < 1.29 is 0 Å². The number of nitrogens with zero attached hydrogens (tertiary/aromatic N) is 6. The molecule has 21 aromatic rings. The molecule has 0 amide bonds. The quantitative estimate of drug-likeness (QED) is 0.146. The van der Waals surface area contributed by atoms with Crippen molar-refractivity contribution in [3.63, 3.8) is 0 Å². The second-order valence-electron chi connectivity index (χ2n) is 29.0. The minimum atomic E-state index is -0.0603. The highest BCUT2D eigenvalue weighted by Gasteiger charge is 2.44. The van der Waals surface area contributed by atoms with Crippen LogP contribution in [-0.2, 0) is 0 Å². The fraction of sp³-hybridized carbons (Fsp3) is 0. The Hall–Kier alpha value is -13.6. The van der Waals surface area contributed by atoms with Gasteiger partial charge in [-0.25, -0.2) is 0 Å². The molecule has 0 aliphatic carbocycles. The highest BCUT2D eigenvalue weighted by atomic mass is 15.1. The molecular formula is C96H56B2N6. The number of aromatic nitrogens is 5. The highest BCUT2D eigenvalue weighted by molar-refractivity contribution is 7.01. The number of rotatable bonds is 7. The maximum Gasteiger partial charge on any atom is 0.252 e. The first-order chi connectivity index (χ1) is 51.6. The molecule has 6 nitrogen and oxygen atoms in total. The molecule has 0 fully saturated rings. The summed E-state index contributed by atoms with van der Waals surface area (Å²) in [6.07, 6.45) is 0. The van der Waals surface area contributed by atoms with Gasteiger partial charge in [0.15, 0.2) is 0 Å². The lowest BCUT2D eigenvalue weighted by atomic mass is 9.34. The summed E-state index contributed by atoms with van der Waals surface area (Å²) in [6, 6.07) is 128. The highest BCUT2D eigenvalue weighted by Crippen LogP contribution is 2.47. The van der Waals surface area contributed by atoms with E-state index < -0.39 is 0 Å². The van der Waals surface area contributed by atoms with E-state index in [-0.39, 0.29) is 13.4 Å². The maximum absolute atomic E-state index is 2.62. The molecule has 476 valence electrons. The summed E-state index contributed by atoms with van der Waals surface area (Å²) in [5, 5.41) is 12.7. The van der Waals surface area contributed by atoms with Crippen molar-refractivity contribution in [2.45, 2.75) is 0 Å². The van der Waals surface area contributed by atoms with Crippen LogP contribution in [-0.4, -0.2) is 36.3 Å². The van der Waals surface area contributed by atoms with Crippen molar-refractivity contribution in [1.29, 1.82) is 0 Å². The summed E-state index contributed by atoms with van der Waals surface area (Å²) in [5.74, 6) is 0. The molecule has 25 rings (SSSR count). The second-order valence-corrected chi connectivity index (χ2v) is 29.0. The molecule has 8 heteroatoms. The fourth-order valence-corrected chi connectivity index (χ4v) is 20.0. The van der Waals surface area contributed by atoms with E-state index in [0.717, 1.165) is 22.7 Å². The lowest BCUT2D eigenvalue weighted by molar-refractivity contribution is 1.14. The van der Waals surface area contributed by atoms with Gasteiger partial charge in [-0.1, -0.05) is 224 Å². The number of hydrogen-bond donors (Lipinski definition) is 0. The van der Waals surface area contributed by atoms with E-state index in [2.05, 4.69) is 367 Å². The van der Waals surface area contributed by atoms with Crippen molar-refractivity contribution in [3.8, 4) is 61.8 Å². The molecule has 104 heavy (non-hydrogen) atoms. The molecule has 0 saturated carbocycles. The third kappa shape index (κ3) is 7.06. The molecule has 9 heterocycles. The van der Waals surface area contributed by atoms with Gasteiger partial charge in [0.2, 0.25) is 0 Å². The standard InChI is InChI=1S/C96H56B2N6/c1-3-21-62(22-4-1)99(63-23-5-2-6-24-63)64-47-43-57(44-48-64)60-55-88-92-89(56-60)104-83-40-15-10-28-70(83)75-51-61(52-79(96(75)104)98(92)78-36-19-33-73-69-27-9-14-39-82(69)103(88)95(73)78)66-30-20-42-85-90(66)74-29-11-16-41-84(74)100(85)65-49-45-58(46-50-65)59-53-86-91-87(54-59)102-81-38-13-8-26-68(81)72-32-18-35-77(94(72)102)97(91)76-34-17-31-71-67-25-7-12-37-80(67)101(86)93(71)76/h1-56H. The predicted octanol–water partition coefficient (Wildman–Crippen LogP) is 19.9. The van der Waals surface area contributed by atoms with Gasteiger partial charge in [-0.05, 0) is 181 Å². The van der Waals surface area contributed by atoms with Crippen LogP contribution in [0.25, 0.3) is 171 Å². The van der Waals surface area contributed by atoms with E-state index in [4.69, 9.17) is 0 Å². The summed E-state index contributed by atoms with van der Waals surface area (Å²) in [4.78, 5) is 2.34. The number of hydrogen-bond acceptors (Lipinski definition) is 1. The Kier molecular flexibility index (Phi) is 10.7. The first-order valence-electron chi connectivity index (χ1n) is 36.3. The molecule has 0 unspecified atom stereocenters. The normalized spacial score (nSPS) is 13.0. The van der Waals surface area contributed by atoms with E-state index in [1.54, 1.807) is 0 Å². The topological polar surface area (TPSA) is 27.9 Å². The Bertz CT molecular complexity index is 7230. The van der Waals surface area contributed by atoms with E-state index in [9.17, 15) is 0 Å². The van der Waals surface area contributed by atoms with Gasteiger partial charge in [0, 0.05) is 121 Å². The molecular weight excluding hydrogens is 1260 g/mol. The SMILES string of the molecule is c1ccc(N(c2ccccc2)c2ccc(-c3cc4c5c(c3)-n3c6ccccc6c6cc(-c7cccc8c7c7ccccc7n8-c7ccc(-c8cc9c%10c(c8)-n8c%11ccccc%11c%11cccc(c%118)B%10c8cccc%10c%11ccccc%11n-9c8%10)cc7)cc(c63)B5c3cccc5c6ccccc6n-4c35)cc2)cc1. The summed E-state index contributed by atoms with van der Waals surface area (Å²) in [7, 11) is 0. The van der Waals surface area contributed by atoms with Gasteiger partial charge in [-0.3, -0.25) is 0 Å². The van der Waals surface area contributed by atoms with Crippen LogP contribution in [0, 0.1) is 0 Å². The van der Waals surface area contributed by atoms with Crippen LogP contribution < -0.4 is 37.7 Å². The Morgan fingerprint density at radius 3 is 1.02 bits per heavy atom. The lowest BCUT2D eigenvalue weighted by Crippen LogP contribution is -2.59. The molecule has 16 aromatic carbocycles. The number of benzene rings is 16. The van der Waals surface area contributed by atoms with Crippen LogP contribution in [0.3, 0.4) is 0 Å². The Labute approximate surface area is 597 Å². The maximum atomic E-state index is 2.62. The monoisotopic (exact) mass is 1310 g/mol. The number of para-hydroxylation sites is 10. The Balaban J connectivity index is 0.671. The summed E-state index contributed by atoms with van der Waals surface area (Å²) < 4.78 is 12.9. The average molecular weight is 1320 g/mol. The van der Waals surface area contributed by atoms with Crippen LogP contribution in [0.2, 0.25) is 0 Å². The summed E-state index contributed by atoms with van der Waals surface area (Å²) in [5.41, 5.74) is 37.0. The van der Waals surface area contributed by atoms with Gasteiger partial charge in [-0.2, -0.15) is 0 Å².